The van der Waals surface area contributed by atoms with Gasteiger partial charge >= 0.3 is 0 Å². The van der Waals surface area contributed by atoms with E-state index in [9.17, 15) is 9.59 Å². The molecule has 0 bridgehead atoms. The molecule has 0 aromatic carbocycles. The Labute approximate surface area is 126 Å². The second-order valence-electron chi connectivity index (χ2n) is 6.10. The number of aromatic nitrogens is 1. The van der Waals surface area contributed by atoms with Gasteiger partial charge in [-0.2, -0.15) is 0 Å². The first-order chi connectivity index (χ1) is 9.90. The zero-order valence-corrected chi connectivity index (χ0v) is 13.2. The summed E-state index contributed by atoms with van der Waals surface area (Å²) in [6.07, 6.45) is 3.28. The molecule has 2 rings (SSSR count). The lowest BCUT2D eigenvalue weighted by molar-refractivity contribution is -0.140. The van der Waals surface area contributed by atoms with Crippen LogP contribution in [-0.4, -0.2) is 52.3 Å². The minimum absolute atomic E-state index is 0.0314. The summed E-state index contributed by atoms with van der Waals surface area (Å²) in [5.74, 6) is 0.351. The molecule has 0 spiro atoms. The SMILES string of the molecule is Cc1cncc(C(=O)N2CCN(CC(C)C)C(=O)[C@@H]2C)c1. The normalized spacial score (nSPS) is 19.3. The van der Waals surface area contributed by atoms with Crippen molar-refractivity contribution < 1.29 is 9.59 Å². The van der Waals surface area contributed by atoms with E-state index in [0.29, 0.717) is 24.6 Å². The smallest absolute Gasteiger partial charge is 0.256 e. The highest BCUT2D eigenvalue weighted by molar-refractivity contribution is 5.98. The lowest BCUT2D eigenvalue weighted by Gasteiger charge is -2.39. The average molecular weight is 289 g/mol. The first-order valence-corrected chi connectivity index (χ1v) is 7.41. The molecule has 0 N–H and O–H groups in total. The zero-order chi connectivity index (χ0) is 15.6. The summed E-state index contributed by atoms with van der Waals surface area (Å²) in [6, 6.07) is 1.40. The highest BCUT2D eigenvalue weighted by atomic mass is 16.2. The van der Waals surface area contributed by atoms with Crippen molar-refractivity contribution in [3.8, 4) is 0 Å². The summed E-state index contributed by atoms with van der Waals surface area (Å²) < 4.78 is 0. The minimum atomic E-state index is -0.412. The summed E-state index contributed by atoms with van der Waals surface area (Å²) in [6.45, 7) is 9.81. The number of hydrogen-bond donors (Lipinski definition) is 0. The number of amides is 2. The van der Waals surface area contributed by atoms with Gasteiger partial charge in [0.15, 0.2) is 0 Å². The maximum Gasteiger partial charge on any atom is 0.256 e. The van der Waals surface area contributed by atoms with Crippen molar-refractivity contribution in [2.24, 2.45) is 5.92 Å². The van der Waals surface area contributed by atoms with E-state index in [2.05, 4.69) is 18.8 Å². The van der Waals surface area contributed by atoms with Gasteiger partial charge in [-0.15, -0.1) is 0 Å². The number of piperazine rings is 1. The van der Waals surface area contributed by atoms with Gasteiger partial charge in [0.2, 0.25) is 5.91 Å². The van der Waals surface area contributed by atoms with Crippen LogP contribution in [0.2, 0.25) is 0 Å². The van der Waals surface area contributed by atoms with Crippen LogP contribution in [0.3, 0.4) is 0 Å². The number of aryl methyl sites for hydroxylation is 1. The predicted molar refractivity (Wildman–Crippen MR) is 80.9 cm³/mol. The third-order valence-corrected chi connectivity index (χ3v) is 3.72. The fourth-order valence-electron chi connectivity index (χ4n) is 2.67. The van der Waals surface area contributed by atoms with Gasteiger partial charge in [-0.1, -0.05) is 13.8 Å². The maximum atomic E-state index is 12.6. The van der Waals surface area contributed by atoms with Gasteiger partial charge in [0, 0.05) is 32.0 Å². The van der Waals surface area contributed by atoms with Crippen LogP contribution < -0.4 is 0 Å². The van der Waals surface area contributed by atoms with Crippen molar-refractivity contribution >= 4 is 11.8 Å². The largest absolute Gasteiger partial charge is 0.339 e. The minimum Gasteiger partial charge on any atom is -0.339 e. The monoisotopic (exact) mass is 289 g/mol. The van der Waals surface area contributed by atoms with Gasteiger partial charge in [-0.05, 0) is 31.4 Å². The molecule has 1 saturated heterocycles. The van der Waals surface area contributed by atoms with Crippen LogP contribution in [0, 0.1) is 12.8 Å². The number of nitrogens with zero attached hydrogens (tertiary/aromatic N) is 3. The third kappa shape index (κ3) is 3.40. The number of carbonyl (C=O) groups is 2. The summed E-state index contributed by atoms with van der Waals surface area (Å²) in [5.41, 5.74) is 1.49. The predicted octanol–water partition coefficient (Wildman–Crippen LogP) is 1.72. The number of hydrogen-bond acceptors (Lipinski definition) is 3. The molecule has 1 atom stereocenters. The van der Waals surface area contributed by atoms with E-state index in [1.54, 1.807) is 24.2 Å². The van der Waals surface area contributed by atoms with Crippen LogP contribution in [0.5, 0.6) is 0 Å². The average Bonchev–Trinajstić information content (AvgIpc) is 2.43. The topological polar surface area (TPSA) is 53.5 Å². The number of pyridine rings is 1. The first-order valence-electron chi connectivity index (χ1n) is 7.41. The van der Waals surface area contributed by atoms with Crippen molar-refractivity contribution in [2.75, 3.05) is 19.6 Å². The lowest BCUT2D eigenvalue weighted by atomic mass is 10.1. The Hall–Kier alpha value is -1.91. The molecule has 0 unspecified atom stereocenters. The van der Waals surface area contributed by atoms with E-state index in [0.717, 1.165) is 12.1 Å². The molecule has 5 nitrogen and oxygen atoms in total. The van der Waals surface area contributed by atoms with Crippen LogP contribution in [-0.2, 0) is 4.79 Å². The highest BCUT2D eigenvalue weighted by Crippen LogP contribution is 2.16. The third-order valence-electron chi connectivity index (χ3n) is 3.72. The molecular weight excluding hydrogens is 266 g/mol. The van der Waals surface area contributed by atoms with Crippen molar-refractivity contribution in [1.82, 2.24) is 14.8 Å². The maximum absolute atomic E-state index is 12.6. The van der Waals surface area contributed by atoms with Gasteiger partial charge in [0.05, 0.1) is 5.56 Å². The van der Waals surface area contributed by atoms with Crippen LogP contribution in [0.15, 0.2) is 18.5 Å². The van der Waals surface area contributed by atoms with Crippen LogP contribution in [0.25, 0.3) is 0 Å². The molecule has 21 heavy (non-hydrogen) atoms. The molecule has 0 radical (unpaired) electrons. The Morgan fingerprint density at radius 1 is 1.38 bits per heavy atom. The van der Waals surface area contributed by atoms with Crippen molar-refractivity contribution in [3.63, 3.8) is 0 Å². The summed E-state index contributed by atoms with van der Waals surface area (Å²) >= 11 is 0. The summed E-state index contributed by atoms with van der Waals surface area (Å²) in [5, 5.41) is 0. The van der Waals surface area contributed by atoms with E-state index >= 15 is 0 Å². The Bertz CT molecular complexity index is 542. The number of carbonyl (C=O) groups excluding carboxylic acids is 2. The van der Waals surface area contributed by atoms with Crippen LogP contribution in [0.4, 0.5) is 0 Å². The lowest BCUT2D eigenvalue weighted by Crippen LogP contribution is -2.58. The van der Waals surface area contributed by atoms with Gasteiger partial charge in [-0.3, -0.25) is 14.6 Å². The molecule has 0 saturated carbocycles. The molecule has 1 aromatic heterocycles. The molecule has 2 amide bonds. The van der Waals surface area contributed by atoms with Crippen LogP contribution in [0.1, 0.15) is 36.7 Å². The van der Waals surface area contributed by atoms with E-state index in [-0.39, 0.29) is 11.8 Å². The Morgan fingerprint density at radius 3 is 2.71 bits per heavy atom. The second kappa shape index (κ2) is 6.24. The molecular formula is C16H23N3O2. The van der Waals surface area contributed by atoms with E-state index in [1.807, 2.05) is 17.9 Å². The van der Waals surface area contributed by atoms with Crippen molar-refractivity contribution in [2.45, 2.75) is 33.7 Å². The van der Waals surface area contributed by atoms with Crippen molar-refractivity contribution in [1.29, 1.82) is 0 Å². The Morgan fingerprint density at radius 2 is 2.10 bits per heavy atom. The van der Waals surface area contributed by atoms with Crippen LogP contribution >= 0.6 is 0 Å². The van der Waals surface area contributed by atoms with Gasteiger partial charge in [0.25, 0.3) is 5.91 Å². The van der Waals surface area contributed by atoms with Gasteiger partial charge in [-0.25, -0.2) is 0 Å². The first kappa shape index (κ1) is 15.5. The molecule has 1 fully saturated rings. The molecule has 1 aromatic rings. The fourth-order valence-corrected chi connectivity index (χ4v) is 2.67. The van der Waals surface area contributed by atoms with Gasteiger partial charge < -0.3 is 9.80 Å². The van der Waals surface area contributed by atoms with E-state index in [1.165, 1.54) is 0 Å². The molecule has 1 aliphatic heterocycles. The van der Waals surface area contributed by atoms with Crippen molar-refractivity contribution in [3.05, 3.63) is 29.6 Å². The zero-order valence-electron chi connectivity index (χ0n) is 13.2. The Balaban J connectivity index is 2.12. The molecule has 114 valence electrons. The quantitative estimate of drug-likeness (QED) is 0.851. The summed E-state index contributed by atoms with van der Waals surface area (Å²) in [7, 11) is 0. The molecule has 5 heteroatoms. The van der Waals surface area contributed by atoms with E-state index in [4.69, 9.17) is 0 Å². The van der Waals surface area contributed by atoms with E-state index < -0.39 is 6.04 Å². The molecule has 1 aliphatic rings. The summed E-state index contributed by atoms with van der Waals surface area (Å²) in [4.78, 5) is 32.5. The fraction of sp³-hybridized carbons (Fsp3) is 0.562. The van der Waals surface area contributed by atoms with Gasteiger partial charge in [0.1, 0.15) is 6.04 Å². The standard InChI is InChI=1S/C16H23N3O2/c1-11(2)10-18-5-6-19(13(4)15(18)20)16(21)14-7-12(3)8-17-9-14/h7-9,11,13H,5-6,10H2,1-4H3/t13-/m0/s1. The highest BCUT2D eigenvalue weighted by Gasteiger charge is 2.34. The molecule has 2 heterocycles. The number of rotatable bonds is 3. The molecule has 0 aliphatic carbocycles. The Kier molecular flexibility index (Phi) is 4.60. The second-order valence-corrected chi connectivity index (χ2v) is 6.10.